The summed E-state index contributed by atoms with van der Waals surface area (Å²) in [7, 11) is -2.48. The third-order valence-electron chi connectivity index (χ3n) is 5.27. The lowest BCUT2D eigenvalue weighted by molar-refractivity contribution is -0.0260. The molecule has 2 rings (SSSR count). The van der Waals surface area contributed by atoms with E-state index in [2.05, 4.69) is 43.9 Å². The summed E-state index contributed by atoms with van der Waals surface area (Å²) in [5.74, 6) is 0.454. The van der Waals surface area contributed by atoms with E-state index in [0.717, 1.165) is 18.9 Å². The van der Waals surface area contributed by atoms with E-state index in [-0.39, 0.29) is 0 Å². The van der Waals surface area contributed by atoms with Crippen LogP contribution in [0.5, 0.6) is 0 Å². The first-order valence-electron chi connectivity index (χ1n) is 8.93. The molecule has 4 unspecified atom stereocenters. The van der Waals surface area contributed by atoms with Crippen LogP contribution in [0.2, 0.25) is 25.7 Å². The summed E-state index contributed by atoms with van der Waals surface area (Å²) in [4.78, 5) is 0. The molecule has 0 heterocycles. The van der Waals surface area contributed by atoms with Gasteiger partial charge in [0.25, 0.3) is 0 Å². The lowest BCUT2D eigenvalue weighted by Gasteiger charge is -2.37. The largest absolute Gasteiger partial charge is 0.432 e. The predicted octanol–water partition coefficient (Wildman–Crippen LogP) is 2.75. The summed E-state index contributed by atoms with van der Waals surface area (Å²) < 4.78 is 12.5. The molecule has 4 atom stereocenters. The van der Waals surface area contributed by atoms with Crippen molar-refractivity contribution in [3.63, 3.8) is 0 Å². The Kier molecular flexibility index (Phi) is 6.81. The Morgan fingerprint density at radius 2 is 1.71 bits per heavy atom. The average molecular weight is 369 g/mol. The number of aliphatic hydroxyl groups is 2. The van der Waals surface area contributed by atoms with Crippen molar-refractivity contribution in [2.75, 3.05) is 7.11 Å². The molecule has 1 aliphatic carbocycles. The molecule has 0 aliphatic heterocycles. The summed E-state index contributed by atoms with van der Waals surface area (Å²) >= 11 is 0. The fraction of sp³-hybridized carbons (Fsp3) is 0.667. The Bertz CT molecular complexity index is 511. The Balaban J connectivity index is 1.95. The number of benzene rings is 1. The van der Waals surface area contributed by atoms with Crippen LogP contribution >= 0.6 is 0 Å². The Morgan fingerprint density at radius 3 is 2.29 bits per heavy atom. The molecule has 1 aromatic carbocycles. The van der Waals surface area contributed by atoms with E-state index in [0.29, 0.717) is 18.8 Å². The van der Waals surface area contributed by atoms with Gasteiger partial charge in [0.15, 0.2) is 0 Å². The van der Waals surface area contributed by atoms with Gasteiger partial charge in [-0.15, -0.1) is 0 Å². The fourth-order valence-electron chi connectivity index (χ4n) is 3.58. The van der Waals surface area contributed by atoms with Crippen LogP contribution in [0.1, 0.15) is 25.7 Å². The van der Waals surface area contributed by atoms with Crippen molar-refractivity contribution >= 4 is 22.1 Å². The van der Waals surface area contributed by atoms with Crippen LogP contribution in [0, 0.1) is 5.92 Å². The zero-order valence-corrected chi connectivity index (χ0v) is 17.4. The number of aliphatic hydroxyl groups excluding tert-OH is 2. The lowest BCUT2D eigenvalue weighted by atomic mass is 9.84. The van der Waals surface area contributed by atoms with Gasteiger partial charge in [-0.05, 0) is 62.5 Å². The molecule has 0 radical (unpaired) electrons. The smallest absolute Gasteiger partial charge is 0.324 e. The first-order chi connectivity index (χ1) is 11.3. The van der Waals surface area contributed by atoms with Gasteiger partial charge in [-0.3, -0.25) is 0 Å². The number of rotatable bonds is 7. The summed E-state index contributed by atoms with van der Waals surface area (Å²) in [6.07, 6.45) is 2.24. The molecule has 6 heteroatoms. The maximum atomic E-state index is 9.88. The second kappa shape index (κ2) is 8.25. The highest BCUT2D eigenvalue weighted by molar-refractivity contribution is 6.91. The highest BCUT2D eigenvalue weighted by Crippen LogP contribution is 2.31. The first-order valence-corrected chi connectivity index (χ1v) is 14.4. The predicted molar refractivity (Wildman–Crippen MR) is 102 cm³/mol. The summed E-state index contributed by atoms with van der Waals surface area (Å²) in [6, 6.07) is 11.4. The second-order valence-electron chi connectivity index (χ2n) is 7.67. The van der Waals surface area contributed by atoms with Crippen LogP contribution in [-0.4, -0.2) is 46.4 Å². The molecule has 1 aromatic rings. The fourth-order valence-corrected chi connectivity index (χ4v) is 11.2. The van der Waals surface area contributed by atoms with Crippen LogP contribution in [-0.2, 0) is 8.54 Å². The van der Waals surface area contributed by atoms with E-state index in [9.17, 15) is 10.2 Å². The van der Waals surface area contributed by atoms with Gasteiger partial charge in [0.2, 0.25) is 8.32 Å². The molecule has 1 saturated carbocycles. The van der Waals surface area contributed by atoms with Gasteiger partial charge in [-0.25, -0.2) is 0 Å². The van der Waals surface area contributed by atoms with E-state index in [1.165, 1.54) is 5.19 Å². The zero-order valence-electron chi connectivity index (χ0n) is 15.4. The van der Waals surface area contributed by atoms with Crippen LogP contribution in [0.25, 0.3) is 0 Å². The molecule has 1 aliphatic rings. The molecule has 0 aromatic heterocycles. The van der Waals surface area contributed by atoms with Gasteiger partial charge < -0.3 is 18.8 Å². The molecule has 0 amide bonds. The SMILES string of the molecule is CO[Si](C)(CCC1CCC(O)C(O)C1)O[Si](C)(C)c1ccccc1. The molecular weight excluding hydrogens is 336 g/mol. The minimum atomic E-state index is -2.25. The second-order valence-corrected chi connectivity index (χ2v) is 15.3. The van der Waals surface area contributed by atoms with E-state index in [1.54, 1.807) is 7.11 Å². The third-order valence-corrected chi connectivity index (χ3v) is 12.8. The van der Waals surface area contributed by atoms with Gasteiger partial charge in [0.05, 0.1) is 12.2 Å². The van der Waals surface area contributed by atoms with E-state index >= 15 is 0 Å². The molecule has 136 valence electrons. The molecule has 2 N–H and O–H groups in total. The number of hydrogen-bond donors (Lipinski definition) is 2. The zero-order chi connectivity index (χ0) is 17.8. The number of hydrogen-bond acceptors (Lipinski definition) is 4. The highest BCUT2D eigenvalue weighted by Gasteiger charge is 2.40. The van der Waals surface area contributed by atoms with E-state index in [1.807, 2.05) is 6.07 Å². The van der Waals surface area contributed by atoms with Crippen molar-refractivity contribution in [2.45, 2.75) is 63.6 Å². The monoisotopic (exact) mass is 368 g/mol. The van der Waals surface area contributed by atoms with Crippen molar-refractivity contribution < 1.29 is 18.8 Å². The standard InChI is InChI=1S/C18H32O4Si2/c1-21-24(4,13-12-15-10-11-17(19)18(20)14-15)22-23(2,3)16-8-6-5-7-9-16/h5-9,15,17-20H,10-14H2,1-4H3. The van der Waals surface area contributed by atoms with Crippen LogP contribution in [0.3, 0.4) is 0 Å². The van der Waals surface area contributed by atoms with Crippen molar-refractivity contribution in [3.8, 4) is 0 Å². The average Bonchev–Trinajstić information content (AvgIpc) is 2.56. The molecule has 0 spiro atoms. The van der Waals surface area contributed by atoms with Gasteiger partial charge in [0.1, 0.15) is 0 Å². The maximum absolute atomic E-state index is 9.88. The van der Waals surface area contributed by atoms with Gasteiger partial charge in [0, 0.05) is 7.11 Å². The highest BCUT2D eigenvalue weighted by atomic mass is 28.4. The Labute approximate surface area is 148 Å². The first kappa shape index (κ1) is 19.8. The van der Waals surface area contributed by atoms with Crippen LogP contribution in [0.15, 0.2) is 30.3 Å². The molecule has 1 fully saturated rings. The van der Waals surface area contributed by atoms with Crippen molar-refractivity contribution in [1.82, 2.24) is 0 Å². The van der Waals surface area contributed by atoms with Crippen molar-refractivity contribution in [2.24, 2.45) is 5.92 Å². The minimum Gasteiger partial charge on any atom is -0.432 e. The third kappa shape index (κ3) is 5.24. The Morgan fingerprint density at radius 1 is 1.04 bits per heavy atom. The summed E-state index contributed by atoms with van der Waals surface area (Å²) in [5.41, 5.74) is 0. The van der Waals surface area contributed by atoms with Crippen LogP contribution in [0.4, 0.5) is 0 Å². The van der Waals surface area contributed by atoms with Gasteiger partial charge in [-0.1, -0.05) is 30.3 Å². The lowest BCUT2D eigenvalue weighted by Crippen LogP contribution is -2.54. The molecule has 0 saturated heterocycles. The molecule has 24 heavy (non-hydrogen) atoms. The molecular formula is C18H32O4Si2. The maximum Gasteiger partial charge on any atom is 0.324 e. The van der Waals surface area contributed by atoms with Gasteiger partial charge >= 0.3 is 8.56 Å². The normalized spacial score (nSPS) is 27.7. The minimum absolute atomic E-state index is 0.454. The summed E-state index contributed by atoms with van der Waals surface area (Å²) in [5, 5.41) is 20.8. The molecule has 4 nitrogen and oxygen atoms in total. The van der Waals surface area contributed by atoms with E-state index in [4.69, 9.17) is 8.54 Å². The quantitative estimate of drug-likeness (QED) is 0.727. The van der Waals surface area contributed by atoms with Gasteiger partial charge in [-0.2, -0.15) is 0 Å². The van der Waals surface area contributed by atoms with Crippen molar-refractivity contribution in [1.29, 1.82) is 0 Å². The summed E-state index contributed by atoms with van der Waals surface area (Å²) in [6.45, 7) is 6.61. The van der Waals surface area contributed by atoms with Crippen molar-refractivity contribution in [3.05, 3.63) is 30.3 Å². The van der Waals surface area contributed by atoms with Crippen LogP contribution < -0.4 is 5.19 Å². The topological polar surface area (TPSA) is 58.9 Å². The van der Waals surface area contributed by atoms with E-state index < -0.39 is 29.1 Å². The Hall–Kier alpha value is -0.506. The molecule has 0 bridgehead atoms.